The van der Waals surface area contributed by atoms with Crippen LogP contribution in [0.4, 0.5) is 0 Å². The molecule has 102 valence electrons. The van der Waals surface area contributed by atoms with Crippen LogP contribution in [0.1, 0.15) is 45.4 Å². The Morgan fingerprint density at radius 1 is 0.882 bits per heavy atom. The molecular weight excluding hydrogens is 218 g/mol. The zero-order chi connectivity index (χ0) is 12.7. The molecule has 1 rings (SSSR count). The van der Waals surface area contributed by atoms with Crippen molar-refractivity contribution in [2.75, 3.05) is 19.6 Å². The monoisotopic (exact) mass is 245 g/mol. The molecule has 0 aromatic heterocycles. The minimum atomic E-state index is -0.976. The van der Waals surface area contributed by atoms with E-state index < -0.39 is 18.3 Å². The molecule has 2 atom stereocenters. The van der Waals surface area contributed by atoms with Crippen LogP contribution in [0.25, 0.3) is 0 Å². The molecule has 1 aliphatic rings. The molecule has 0 aliphatic carbocycles. The van der Waals surface area contributed by atoms with E-state index in [1.807, 2.05) is 4.90 Å². The van der Waals surface area contributed by atoms with Gasteiger partial charge in [-0.05, 0) is 13.0 Å². The van der Waals surface area contributed by atoms with Crippen molar-refractivity contribution in [3.63, 3.8) is 0 Å². The lowest BCUT2D eigenvalue weighted by Gasteiger charge is -2.36. The summed E-state index contributed by atoms with van der Waals surface area (Å²) in [5.74, 6) is 0. The standard InChI is InChI=1S/C13H27NO3/c1-2-3-4-5-6-7-8-14-9-11(15)13(17)12(16)10-14/h11-13,15-17H,2-10H2,1H3. The van der Waals surface area contributed by atoms with E-state index in [-0.39, 0.29) is 0 Å². The summed E-state index contributed by atoms with van der Waals surface area (Å²) < 4.78 is 0. The fourth-order valence-corrected chi connectivity index (χ4v) is 2.37. The Kier molecular flexibility index (Phi) is 7.04. The lowest BCUT2D eigenvalue weighted by atomic mass is 10.0. The Balaban J connectivity index is 2.07. The summed E-state index contributed by atoms with van der Waals surface area (Å²) in [7, 11) is 0. The van der Waals surface area contributed by atoms with Crippen molar-refractivity contribution in [3.8, 4) is 0 Å². The number of hydrogen-bond acceptors (Lipinski definition) is 4. The molecule has 3 N–H and O–H groups in total. The average Bonchev–Trinajstić information content (AvgIpc) is 2.30. The number of aliphatic hydroxyl groups is 3. The predicted molar refractivity (Wildman–Crippen MR) is 67.8 cm³/mol. The third-order valence-electron chi connectivity index (χ3n) is 3.51. The van der Waals surface area contributed by atoms with Crippen LogP contribution in [-0.4, -0.2) is 58.2 Å². The third-order valence-corrected chi connectivity index (χ3v) is 3.51. The van der Waals surface area contributed by atoms with Crippen LogP contribution < -0.4 is 0 Å². The molecule has 1 saturated heterocycles. The average molecular weight is 245 g/mol. The predicted octanol–water partition coefficient (Wildman–Crippen LogP) is 0.745. The summed E-state index contributed by atoms with van der Waals surface area (Å²) in [6.45, 7) is 4.08. The number of hydrogen-bond donors (Lipinski definition) is 3. The van der Waals surface area contributed by atoms with E-state index in [9.17, 15) is 15.3 Å². The van der Waals surface area contributed by atoms with Crippen LogP contribution in [0.3, 0.4) is 0 Å². The lowest BCUT2D eigenvalue weighted by molar-refractivity contribution is -0.109. The quantitative estimate of drug-likeness (QED) is 0.579. The lowest BCUT2D eigenvalue weighted by Crippen LogP contribution is -2.55. The summed E-state index contributed by atoms with van der Waals surface area (Å²) in [4.78, 5) is 2.04. The van der Waals surface area contributed by atoms with Crippen molar-refractivity contribution in [2.45, 2.75) is 63.8 Å². The van der Waals surface area contributed by atoms with E-state index in [4.69, 9.17) is 0 Å². The van der Waals surface area contributed by atoms with Gasteiger partial charge in [-0.3, -0.25) is 4.90 Å². The number of unbranched alkanes of at least 4 members (excludes halogenated alkanes) is 5. The number of piperidine rings is 1. The molecule has 0 aromatic rings. The third kappa shape index (κ3) is 5.34. The number of β-amino-alcohol motifs (C(OH)–C–C–N with tert-alkyl or cyclic N) is 2. The Bertz CT molecular complexity index is 189. The van der Waals surface area contributed by atoms with Crippen LogP contribution in [0.15, 0.2) is 0 Å². The van der Waals surface area contributed by atoms with Crippen molar-refractivity contribution in [3.05, 3.63) is 0 Å². The van der Waals surface area contributed by atoms with Gasteiger partial charge in [-0.2, -0.15) is 0 Å². The second kappa shape index (κ2) is 8.03. The number of aliphatic hydroxyl groups excluding tert-OH is 3. The topological polar surface area (TPSA) is 63.9 Å². The fraction of sp³-hybridized carbons (Fsp3) is 1.00. The van der Waals surface area contributed by atoms with Crippen molar-refractivity contribution in [1.29, 1.82) is 0 Å². The zero-order valence-electron chi connectivity index (χ0n) is 10.9. The van der Waals surface area contributed by atoms with Gasteiger partial charge < -0.3 is 15.3 Å². The van der Waals surface area contributed by atoms with Gasteiger partial charge in [0.2, 0.25) is 0 Å². The summed E-state index contributed by atoms with van der Waals surface area (Å²) >= 11 is 0. The van der Waals surface area contributed by atoms with E-state index in [1.54, 1.807) is 0 Å². The van der Waals surface area contributed by atoms with Crippen molar-refractivity contribution in [2.24, 2.45) is 0 Å². The van der Waals surface area contributed by atoms with Gasteiger partial charge >= 0.3 is 0 Å². The highest BCUT2D eigenvalue weighted by Crippen LogP contribution is 2.13. The molecule has 0 radical (unpaired) electrons. The number of nitrogens with zero attached hydrogens (tertiary/aromatic N) is 1. The molecular formula is C13H27NO3. The van der Waals surface area contributed by atoms with E-state index in [1.165, 1.54) is 32.1 Å². The highest BCUT2D eigenvalue weighted by Gasteiger charge is 2.32. The summed E-state index contributed by atoms with van der Waals surface area (Å²) in [5, 5.41) is 28.5. The minimum absolute atomic E-state index is 0.479. The number of rotatable bonds is 7. The van der Waals surface area contributed by atoms with Gasteiger partial charge in [0.15, 0.2) is 0 Å². The Hall–Kier alpha value is -0.160. The van der Waals surface area contributed by atoms with Gasteiger partial charge in [0.1, 0.15) is 6.10 Å². The van der Waals surface area contributed by atoms with Gasteiger partial charge in [0, 0.05) is 13.1 Å². The highest BCUT2D eigenvalue weighted by atomic mass is 16.4. The molecule has 2 unspecified atom stereocenters. The van der Waals surface area contributed by atoms with Crippen molar-refractivity contribution < 1.29 is 15.3 Å². The SMILES string of the molecule is CCCCCCCCN1CC(O)C(O)C(O)C1. The minimum Gasteiger partial charge on any atom is -0.389 e. The maximum absolute atomic E-state index is 9.54. The first kappa shape index (κ1) is 14.9. The Morgan fingerprint density at radius 3 is 2.00 bits per heavy atom. The largest absolute Gasteiger partial charge is 0.389 e. The van der Waals surface area contributed by atoms with Gasteiger partial charge in [-0.15, -0.1) is 0 Å². The van der Waals surface area contributed by atoms with E-state index in [0.29, 0.717) is 13.1 Å². The smallest absolute Gasteiger partial charge is 0.108 e. The second-order valence-electron chi connectivity index (χ2n) is 5.15. The maximum atomic E-state index is 9.54. The first-order chi connectivity index (χ1) is 8.15. The van der Waals surface area contributed by atoms with Crippen molar-refractivity contribution >= 4 is 0 Å². The van der Waals surface area contributed by atoms with E-state index in [2.05, 4.69) is 6.92 Å². The molecule has 0 spiro atoms. The summed E-state index contributed by atoms with van der Waals surface area (Å²) in [6.07, 6.45) is 4.89. The van der Waals surface area contributed by atoms with Gasteiger partial charge in [-0.1, -0.05) is 39.0 Å². The summed E-state index contributed by atoms with van der Waals surface area (Å²) in [6, 6.07) is 0. The molecule has 4 heteroatoms. The fourth-order valence-electron chi connectivity index (χ4n) is 2.37. The van der Waals surface area contributed by atoms with Crippen LogP contribution in [0, 0.1) is 0 Å². The van der Waals surface area contributed by atoms with Crippen LogP contribution in [-0.2, 0) is 0 Å². The van der Waals surface area contributed by atoms with Gasteiger partial charge in [0.05, 0.1) is 12.2 Å². The molecule has 0 saturated carbocycles. The molecule has 4 nitrogen and oxygen atoms in total. The first-order valence-corrected chi connectivity index (χ1v) is 6.91. The first-order valence-electron chi connectivity index (χ1n) is 6.91. The van der Waals surface area contributed by atoms with Crippen molar-refractivity contribution in [1.82, 2.24) is 4.90 Å². The molecule has 17 heavy (non-hydrogen) atoms. The number of likely N-dealkylation sites (tertiary alicyclic amines) is 1. The van der Waals surface area contributed by atoms with Gasteiger partial charge in [0.25, 0.3) is 0 Å². The van der Waals surface area contributed by atoms with Gasteiger partial charge in [-0.25, -0.2) is 0 Å². The van der Waals surface area contributed by atoms with Crippen LogP contribution >= 0.6 is 0 Å². The molecule has 0 bridgehead atoms. The van der Waals surface area contributed by atoms with Crippen LogP contribution in [0.5, 0.6) is 0 Å². The molecule has 1 heterocycles. The normalized spacial score (nSPS) is 30.7. The highest BCUT2D eigenvalue weighted by molar-refractivity contribution is 4.86. The molecule has 0 aromatic carbocycles. The van der Waals surface area contributed by atoms with E-state index in [0.717, 1.165) is 13.0 Å². The molecule has 0 amide bonds. The zero-order valence-corrected chi connectivity index (χ0v) is 10.9. The van der Waals surface area contributed by atoms with E-state index >= 15 is 0 Å². The molecule has 1 fully saturated rings. The van der Waals surface area contributed by atoms with Crippen LogP contribution in [0.2, 0.25) is 0 Å². The maximum Gasteiger partial charge on any atom is 0.108 e. The second-order valence-corrected chi connectivity index (χ2v) is 5.15. The Morgan fingerprint density at radius 2 is 1.41 bits per heavy atom. The Labute approximate surface area is 104 Å². The molecule has 1 aliphatic heterocycles. The summed E-state index contributed by atoms with van der Waals surface area (Å²) in [5.41, 5.74) is 0.